The van der Waals surface area contributed by atoms with Crippen molar-refractivity contribution in [3.8, 4) is 5.75 Å². The summed E-state index contributed by atoms with van der Waals surface area (Å²) in [7, 11) is 0. The van der Waals surface area contributed by atoms with Crippen LogP contribution in [-0.4, -0.2) is 33.8 Å². The van der Waals surface area contributed by atoms with Gasteiger partial charge in [0.25, 0.3) is 0 Å². The SMILES string of the molecule is C[C@H](Cc1cccc(CC(=O)N[C@H](C)c2ccccc2)c1)NC[C@@H](O)c1ccc(O)c(CO)c1. The normalized spacial score (nSPS) is 13.8. The molecule has 3 atom stereocenters. The third-order valence-electron chi connectivity index (χ3n) is 5.89. The van der Waals surface area contributed by atoms with Gasteiger partial charge in [-0.3, -0.25) is 4.79 Å². The number of aliphatic hydroxyl groups is 2. The molecule has 0 bridgehead atoms. The van der Waals surface area contributed by atoms with Crippen molar-refractivity contribution in [1.82, 2.24) is 10.6 Å². The summed E-state index contributed by atoms with van der Waals surface area (Å²) in [5.41, 5.74) is 4.18. The van der Waals surface area contributed by atoms with Gasteiger partial charge in [0, 0.05) is 18.2 Å². The molecular formula is C28H34N2O4. The Hall–Kier alpha value is -3.19. The van der Waals surface area contributed by atoms with Gasteiger partial charge in [0.1, 0.15) is 5.75 Å². The van der Waals surface area contributed by atoms with Gasteiger partial charge in [-0.2, -0.15) is 0 Å². The molecule has 0 aliphatic rings. The van der Waals surface area contributed by atoms with E-state index in [1.807, 2.05) is 62.4 Å². The van der Waals surface area contributed by atoms with Gasteiger partial charge in [-0.25, -0.2) is 0 Å². The lowest BCUT2D eigenvalue weighted by Crippen LogP contribution is -2.32. The summed E-state index contributed by atoms with van der Waals surface area (Å²) < 4.78 is 0. The van der Waals surface area contributed by atoms with Crippen LogP contribution in [-0.2, 0) is 24.2 Å². The number of carbonyl (C=O) groups excluding carboxylic acids is 1. The quantitative estimate of drug-likeness (QED) is 0.300. The third kappa shape index (κ3) is 7.42. The second kappa shape index (κ2) is 12.3. The molecule has 3 aromatic carbocycles. The van der Waals surface area contributed by atoms with Crippen LogP contribution in [0.1, 0.15) is 53.8 Å². The minimum absolute atomic E-state index is 0.0149. The maximum Gasteiger partial charge on any atom is 0.224 e. The zero-order valence-corrected chi connectivity index (χ0v) is 19.7. The predicted octanol–water partition coefficient (Wildman–Crippen LogP) is 3.56. The van der Waals surface area contributed by atoms with Crippen LogP contribution in [0.5, 0.6) is 5.75 Å². The van der Waals surface area contributed by atoms with Crippen LogP contribution in [0.4, 0.5) is 0 Å². The highest BCUT2D eigenvalue weighted by Gasteiger charge is 2.13. The van der Waals surface area contributed by atoms with Crippen LogP contribution in [0, 0.1) is 0 Å². The summed E-state index contributed by atoms with van der Waals surface area (Å²) in [5, 5.41) is 35.8. The van der Waals surface area contributed by atoms with Gasteiger partial charge in [0.05, 0.1) is 25.2 Å². The molecule has 6 nitrogen and oxygen atoms in total. The maximum absolute atomic E-state index is 12.5. The topological polar surface area (TPSA) is 102 Å². The second-order valence-corrected chi connectivity index (χ2v) is 8.77. The van der Waals surface area contributed by atoms with Gasteiger partial charge in [-0.1, -0.05) is 60.7 Å². The van der Waals surface area contributed by atoms with Crippen molar-refractivity contribution in [3.05, 3.63) is 101 Å². The van der Waals surface area contributed by atoms with Gasteiger partial charge in [0.2, 0.25) is 5.91 Å². The van der Waals surface area contributed by atoms with Crippen molar-refractivity contribution in [2.75, 3.05) is 6.54 Å². The molecule has 34 heavy (non-hydrogen) atoms. The smallest absolute Gasteiger partial charge is 0.224 e. The van der Waals surface area contributed by atoms with E-state index in [-0.39, 0.29) is 30.3 Å². The molecule has 0 radical (unpaired) electrons. The van der Waals surface area contributed by atoms with E-state index in [0.29, 0.717) is 24.1 Å². The number of phenols is 1. The van der Waals surface area contributed by atoms with Crippen molar-refractivity contribution in [2.45, 2.75) is 51.5 Å². The number of carbonyl (C=O) groups is 1. The van der Waals surface area contributed by atoms with Crippen LogP contribution >= 0.6 is 0 Å². The standard InChI is InChI=1S/C28H34N2O4/c1-19(29-17-27(33)24-11-12-26(32)25(16-24)18-31)13-21-7-6-8-22(14-21)15-28(34)30-20(2)23-9-4-3-5-10-23/h3-12,14,16,19-20,27,29,31-33H,13,15,17-18H2,1-2H3,(H,30,34)/t19-,20-,27-/m1/s1. The van der Waals surface area contributed by atoms with Crippen molar-refractivity contribution < 1.29 is 20.1 Å². The van der Waals surface area contributed by atoms with Gasteiger partial charge in [0.15, 0.2) is 0 Å². The number of hydrogen-bond acceptors (Lipinski definition) is 5. The van der Waals surface area contributed by atoms with Gasteiger partial charge >= 0.3 is 0 Å². The van der Waals surface area contributed by atoms with E-state index in [1.54, 1.807) is 12.1 Å². The molecule has 0 unspecified atom stereocenters. The Balaban J connectivity index is 1.50. The zero-order chi connectivity index (χ0) is 24.5. The monoisotopic (exact) mass is 462 g/mol. The van der Waals surface area contributed by atoms with E-state index in [4.69, 9.17) is 0 Å². The molecular weight excluding hydrogens is 428 g/mol. The summed E-state index contributed by atoms with van der Waals surface area (Å²) in [6.45, 7) is 4.09. The Morgan fingerprint density at radius 1 is 0.912 bits per heavy atom. The van der Waals surface area contributed by atoms with Crippen molar-refractivity contribution in [2.24, 2.45) is 0 Å². The number of benzene rings is 3. The minimum atomic E-state index is -0.755. The van der Waals surface area contributed by atoms with E-state index in [1.165, 1.54) is 6.07 Å². The molecule has 0 aliphatic heterocycles. The van der Waals surface area contributed by atoms with E-state index in [9.17, 15) is 20.1 Å². The molecule has 6 heteroatoms. The summed E-state index contributed by atoms with van der Waals surface area (Å²) in [5.74, 6) is 0.00168. The molecule has 0 saturated heterocycles. The Morgan fingerprint density at radius 3 is 2.38 bits per heavy atom. The number of aromatic hydroxyl groups is 1. The first-order chi connectivity index (χ1) is 16.4. The molecule has 180 valence electrons. The highest BCUT2D eigenvalue weighted by Crippen LogP contribution is 2.22. The molecule has 0 heterocycles. The summed E-state index contributed by atoms with van der Waals surface area (Å²) in [4.78, 5) is 12.5. The van der Waals surface area contributed by atoms with Gasteiger partial charge < -0.3 is 26.0 Å². The number of hydrogen-bond donors (Lipinski definition) is 5. The maximum atomic E-state index is 12.5. The van der Waals surface area contributed by atoms with Crippen LogP contribution in [0.15, 0.2) is 72.8 Å². The van der Waals surface area contributed by atoms with Crippen molar-refractivity contribution in [1.29, 1.82) is 0 Å². The van der Waals surface area contributed by atoms with Crippen molar-refractivity contribution in [3.63, 3.8) is 0 Å². The van der Waals surface area contributed by atoms with E-state index in [0.717, 1.165) is 23.1 Å². The van der Waals surface area contributed by atoms with Crippen LogP contribution in [0.3, 0.4) is 0 Å². The van der Waals surface area contributed by atoms with Crippen molar-refractivity contribution >= 4 is 5.91 Å². The molecule has 3 aromatic rings. The molecule has 1 amide bonds. The lowest BCUT2D eigenvalue weighted by atomic mass is 10.0. The van der Waals surface area contributed by atoms with Gasteiger partial charge in [-0.15, -0.1) is 0 Å². The number of aliphatic hydroxyl groups excluding tert-OH is 2. The molecule has 0 spiro atoms. The fourth-order valence-electron chi connectivity index (χ4n) is 3.97. The largest absolute Gasteiger partial charge is 0.508 e. The highest BCUT2D eigenvalue weighted by molar-refractivity contribution is 5.79. The average molecular weight is 463 g/mol. The first kappa shape index (κ1) is 25.4. The average Bonchev–Trinajstić information content (AvgIpc) is 2.83. The lowest BCUT2D eigenvalue weighted by molar-refractivity contribution is -0.121. The molecule has 0 saturated carbocycles. The predicted molar refractivity (Wildman–Crippen MR) is 133 cm³/mol. The summed E-state index contributed by atoms with van der Waals surface area (Å²) in [6.07, 6.45) is 0.314. The van der Waals surface area contributed by atoms with Gasteiger partial charge in [-0.05, 0) is 54.7 Å². The number of nitrogens with one attached hydrogen (secondary N) is 2. The zero-order valence-electron chi connectivity index (χ0n) is 19.7. The minimum Gasteiger partial charge on any atom is -0.508 e. The number of amides is 1. The Labute approximate surface area is 201 Å². The van der Waals surface area contributed by atoms with Crippen LogP contribution in [0.25, 0.3) is 0 Å². The first-order valence-electron chi connectivity index (χ1n) is 11.6. The third-order valence-corrected chi connectivity index (χ3v) is 5.89. The van der Waals surface area contributed by atoms with E-state index in [2.05, 4.69) is 16.7 Å². The fraction of sp³-hybridized carbons (Fsp3) is 0.321. The molecule has 0 aliphatic carbocycles. The second-order valence-electron chi connectivity index (χ2n) is 8.77. The van der Waals surface area contributed by atoms with E-state index < -0.39 is 6.10 Å². The van der Waals surface area contributed by atoms with E-state index >= 15 is 0 Å². The first-order valence-corrected chi connectivity index (χ1v) is 11.6. The Kier molecular flexibility index (Phi) is 9.22. The molecule has 3 rings (SSSR count). The molecule has 0 aromatic heterocycles. The number of rotatable bonds is 11. The Bertz CT molecular complexity index is 1070. The summed E-state index contributed by atoms with van der Waals surface area (Å²) in [6, 6.07) is 22.7. The lowest BCUT2D eigenvalue weighted by Gasteiger charge is -2.19. The van der Waals surface area contributed by atoms with Crippen LogP contribution in [0.2, 0.25) is 0 Å². The highest BCUT2D eigenvalue weighted by atomic mass is 16.3. The molecule has 0 fully saturated rings. The van der Waals surface area contributed by atoms with Crippen LogP contribution < -0.4 is 10.6 Å². The Morgan fingerprint density at radius 2 is 1.65 bits per heavy atom. The summed E-state index contributed by atoms with van der Waals surface area (Å²) >= 11 is 0. The fourth-order valence-corrected chi connectivity index (χ4v) is 3.97. The molecule has 5 N–H and O–H groups in total.